The van der Waals surface area contributed by atoms with E-state index >= 15 is 0 Å². The van der Waals surface area contributed by atoms with E-state index in [9.17, 15) is 4.79 Å². The van der Waals surface area contributed by atoms with Crippen LogP contribution >= 0.6 is 11.5 Å². The predicted molar refractivity (Wildman–Crippen MR) is 94.2 cm³/mol. The molecule has 4 rings (SSSR count). The zero-order valence-electron chi connectivity index (χ0n) is 12.7. The van der Waals surface area contributed by atoms with Gasteiger partial charge in [0.2, 0.25) is 0 Å². The third-order valence-corrected chi connectivity index (χ3v) is 4.63. The maximum Gasteiger partial charge on any atom is 0.283 e. The van der Waals surface area contributed by atoms with Gasteiger partial charge < -0.3 is 0 Å². The lowest BCUT2D eigenvalue weighted by Gasteiger charge is -2.20. The Morgan fingerprint density at radius 3 is 2.46 bits per heavy atom. The maximum atomic E-state index is 12.8. The van der Waals surface area contributed by atoms with Crippen molar-refractivity contribution in [3.05, 3.63) is 88.5 Å². The molecule has 1 atom stereocenters. The van der Waals surface area contributed by atoms with Crippen molar-refractivity contribution in [2.45, 2.75) is 12.5 Å². The van der Waals surface area contributed by atoms with E-state index in [0.29, 0.717) is 16.8 Å². The van der Waals surface area contributed by atoms with Crippen molar-refractivity contribution in [2.75, 3.05) is 0 Å². The van der Waals surface area contributed by atoms with Gasteiger partial charge in [-0.25, -0.2) is 4.98 Å². The van der Waals surface area contributed by atoms with Gasteiger partial charge in [0.05, 0.1) is 12.4 Å². The Morgan fingerprint density at radius 1 is 1.00 bits per heavy atom. The molecule has 0 bridgehead atoms. The average Bonchev–Trinajstić information content (AvgIpc) is 3.12. The molecule has 5 nitrogen and oxygen atoms in total. The van der Waals surface area contributed by atoms with E-state index in [-0.39, 0.29) is 11.6 Å². The van der Waals surface area contributed by atoms with Crippen LogP contribution in [-0.4, -0.2) is 19.1 Å². The summed E-state index contributed by atoms with van der Waals surface area (Å²) in [5.41, 5.74) is 2.40. The van der Waals surface area contributed by atoms with Crippen LogP contribution in [0.15, 0.2) is 71.8 Å². The molecule has 0 aliphatic heterocycles. The Kier molecular flexibility index (Phi) is 3.88. The number of fused-ring (bicyclic) bond motifs is 1. The lowest BCUT2D eigenvalue weighted by molar-refractivity contribution is 0.557. The Bertz CT molecular complexity index is 1010. The number of benzene rings is 2. The Morgan fingerprint density at radius 2 is 1.71 bits per heavy atom. The fourth-order valence-corrected chi connectivity index (χ4v) is 3.31. The molecule has 0 saturated carbocycles. The standard InChI is InChI=1S/C18H14N4OS/c23-18-16-17(24-21-20-16)19-12-22(18)15(14-9-5-2-6-10-14)11-13-7-3-1-4-8-13/h1-10,12,15H,11H2. The number of rotatable bonds is 4. The molecule has 0 spiro atoms. The predicted octanol–water partition coefficient (Wildman–Crippen LogP) is 3.08. The normalized spacial score (nSPS) is 12.3. The highest BCUT2D eigenvalue weighted by atomic mass is 32.1. The van der Waals surface area contributed by atoms with E-state index in [1.165, 1.54) is 0 Å². The SMILES string of the molecule is O=c1c2nnsc2ncn1C(Cc1ccccc1)c1ccccc1. The van der Waals surface area contributed by atoms with Crippen LogP contribution in [0, 0.1) is 0 Å². The van der Waals surface area contributed by atoms with E-state index in [4.69, 9.17) is 0 Å². The summed E-state index contributed by atoms with van der Waals surface area (Å²) in [5.74, 6) is 0. The molecule has 6 heteroatoms. The van der Waals surface area contributed by atoms with Crippen LogP contribution in [-0.2, 0) is 6.42 Å². The second kappa shape index (κ2) is 6.33. The van der Waals surface area contributed by atoms with Gasteiger partial charge in [-0.15, -0.1) is 5.10 Å². The first-order valence-electron chi connectivity index (χ1n) is 7.61. The van der Waals surface area contributed by atoms with Crippen LogP contribution < -0.4 is 5.56 Å². The van der Waals surface area contributed by atoms with Gasteiger partial charge in [-0.1, -0.05) is 65.2 Å². The molecule has 4 aromatic rings. The zero-order chi connectivity index (χ0) is 16.4. The Hall–Kier alpha value is -2.86. The molecule has 2 aromatic carbocycles. The molecule has 2 aromatic heterocycles. The van der Waals surface area contributed by atoms with Gasteiger partial charge in [0.15, 0.2) is 10.3 Å². The summed E-state index contributed by atoms with van der Waals surface area (Å²) in [5, 5.41) is 3.93. The summed E-state index contributed by atoms with van der Waals surface area (Å²) in [6, 6.07) is 20.0. The number of hydrogen-bond acceptors (Lipinski definition) is 5. The topological polar surface area (TPSA) is 60.7 Å². The van der Waals surface area contributed by atoms with Crippen molar-refractivity contribution < 1.29 is 0 Å². The van der Waals surface area contributed by atoms with Crippen molar-refractivity contribution in [1.82, 2.24) is 19.1 Å². The highest BCUT2D eigenvalue weighted by Crippen LogP contribution is 2.22. The molecule has 24 heavy (non-hydrogen) atoms. The minimum absolute atomic E-state index is 0.139. The van der Waals surface area contributed by atoms with Crippen LogP contribution in [0.3, 0.4) is 0 Å². The molecule has 0 N–H and O–H groups in total. The summed E-state index contributed by atoms with van der Waals surface area (Å²) in [4.78, 5) is 17.7. The number of nitrogens with zero attached hydrogens (tertiary/aromatic N) is 4. The summed E-state index contributed by atoms with van der Waals surface area (Å²) >= 11 is 1.14. The van der Waals surface area contributed by atoms with Crippen molar-refractivity contribution in [3.8, 4) is 0 Å². The third-order valence-electron chi connectivity index (χ3n) is 4.00. The molecular formula is C18H14N4OS. The van der Waals surface area contributed by atoms with Crippen molar-refractivity contribution in [3.63, 3.8) is 0 Å². The quantitative estimate of drug-likeness (QED) is 0.575. The van der Waals surface area contributed by atoms with Crippen LogP contribution in [0.25, 0.3) is 10.3 Å². The minimum Gasteiger partial charge on any atom is -0.289 e. The zero-order valence-corrected chi connectivity index (χ0v) is 13.6. The average molecular weight is 334 g/mol. The molecule has 2 heterocycles. The molecule has 0 aliphatic rings. The van der Waals surface area contributed by atoms with Gasteiger partial charge in [-0.05, 0) is 17.5 Å². The van der Waals surface area contributed by atoms with Crippen LogP contribution in [0.5, 0.6) is 0 Å². The van der Waals surface area contributed by atoms with Gasteiger partial charge in [-0.2, -0.15) is 0 Å². The monoisotopic (exact) mass is 334 g/mol. The minimum atomic E-state index is -0.154. The van der Waals surface area contributed by atoms with E-state index in [1.807, 2.05) is 48.5 Å². The molecule has 0 radical (unpaired) electrons. The lowest BCUT2D eigenvalue weighted by atomic mass is 9.98. The second-order valence-electron chi connectivity index (χ2n) is 5.50. The highest BCUT2D eigenvalue weighted by Gasteiger charge is 2.18. The van der Waals surface area contributed by atoms with Gasteiger partial charge in [-0.3, -0.25) is 9.36 Å². The van der Waals surface area contributed by atoms with Gasteiger partial charge in [0, 0.05) is 11.5 Å². The van der Waals surface area contributed by atoms with Gasteiger partial charge in [0.1, 0.15) is 0 Å². The molecule has 0 saturated heterocycles. The van der Waals surface area contributed by atoms with Crippen LogP contribution in [0.2, 0.25) is 0 Å². The van der Waals surface area contributed by atoms with E-state index in [1.54, 1.807) is 10.9 Å². The Labute approximate surface area is 142 Å². The summed E-state index contributed by atoms with van der Waals surface area (Å²) in [6.07, 6.45) is 2.31. The molecule has 1 unspecified atom stereocenters. The molecule has 0 aliphatic carbocycles. The highest BCUT2D eigenvalue weighted by molar-refractivity contribution is 7.12. The fraction of sp³-hybridized carbons (Fsp3) is 0.111. The molecule has 0 fully saturated rings. The first-order valence-corrected chi connectivity index (χ1v) is 8.38. The second-order valence-corrected chi connectivity index (χ2v) is 6.23. The molecule has 118 valence electrons. The Balaban J connectivity index is 1.85. The fourth-order valence-electron chi connectivity index (χ4n) is 2.81. The van der Waals surface area contributed by atoms with E-state index < -0.39 is 0 Å². The van der Waals surface area contributed by atoms with Crippen LogP contribution in [0.4, 0.5) is 0 Å². The van der Waals surface area contributed by atoms with Crippen molar-refractivity contribution in [1.29, 1.82) is 0 Å². The third kappa shape index (κ3) is 2.72. The smallest absolute Gasteiger partial charge is 0.283 e. The number of hydrogen-bond donors (Lipinski definition) is 0. The lowest BCUT2D eigenvalue weighted by Crippen LogP contribution is -2.27. The van der Waals surface area contributed by atoms with Crippen molar-refractivity contribution >= 4 is 21.9 Å². The number of aromatic nitrogens is 4. The maximum absolute atomic E-state index is 12.8. The first-order chi connectivity index (χ1) is 11.8. The van der Waals surface area contributed by atoms with Crippen molar-refractivity contribution in [2.24, 2.45) is 0 Å². The van der Waals surface area contributed by atoms with E-state index in [2.05, 4.69) is 26.7 Å². The summed E-state index contributed by atoms with van der Waals surface area (Å²) < 4.78 is 5.49. The summed E-state index contributed by atoms with van der Waals surface area (Å²) in [6.45, 7) is 0. The molecule has 0 amide bonds. The van der Waals surface area contributed by atoms with Gasteiger partial charge in [0.25, 0.3) is 5.56 Å². The van der Waals surface area contributed by atoms with Gasteiger partial charge >= 0.3 is 0 Å². The molecular weight excluding hydrogens is 320 g/mol. The first kappa shape index (κ1) is 14.7. The van der Waals surface area contributed by atoms with E-state index in [0.717, 1.165) is 22.7 Å². The van der Waals surface area contributed by atoms with Crippen LogP contribution in [0.1, 0.15) is 17.2 Å². The summed E-state index contributed by atoms with van der Waals surface area (Å²) in [7, 11) is 0. The largest absolute Gasteiger partial charge is 0.289 e.